The summed E-state index contributed by atoms with van der Waals surface area (Å²) in [6.07, 6.45) is 0.623. The molecule has 1 aromatic heterocycles. The molecule has 1 atom stereocenters. The molecule has 0 aliphatic heterocycles. The molecule has 34 heavy (non-hydrogen) atoms. The number of hydrogen-bond acceptors (Lipinski definition) is 6. The van der Waals surface area contributed by atoms with Crippen LogP contribution in [0.25, 0.3) is 0 Å². The summed E-state index contributed by atoms with van der Waals surface area (Å²) >= 11 is 0. The van der Waals surface area contributed by atoms with Crippen LogP contribution in [0.3, 0.4) is 0 Å². The van der Waals surface area contributed by atoms with Gasteiger partial charge in [-0.15, -0.1) is 0 Å². The summed E-state index contributed by atoms with van der Waals surface area (Å²) in [7, 11) is 1.75. The fourth-order valence-electron chi connectivity index (χ4n) is 3.67. The standard InChI is InChI=1S/C25H29N5O4/c1-4-13-30-22(26)21(24(33)28-25(30)34)20(31)15-29(3)16(2)18-11-8-12-19(14-18)27-23(32)17-9-6-5-7-10-17/h5-12,14,16H,4,13,15,26H2,1-3H3,(H,27,32)(H,28,33,34). The fourth-order valence-corrected chi connectivity index (χ4v) is 3.67. The molecule has 4 N–H and O–H groups in total. The number of rotatable bonds is 9. The SMILES string of the molecule is CCCn1c(N)c(C(=O)CN(C)C(C)c2cccc(NC(=O)c3ccccc3)c2)c(=O)[nH]c1=O. The van der Waals surface area contributed by atoms with Gasteiger partial charge in [-0.1, -0.05) is 37.3 Å². The maximum Gasteiger partial charge on any atom is 0.329 e. The molecule has 1 unspecified atom stereocenters. The van der Waals surface area contributed by atoms with Crippen LogP contribution in [0.4, 0.5) is 11.5 Å². The normalized spacial score (nSPS) is 11.9. The lowest BCUT2D eigenvalue weighted by Gasteiger charge is -2.25. The molecular formula is C25H29N5O4. The molecule has 0 bridgehead atoms. The third-order valence-electron chi connectivity index (χ3n) is 5.68. The molecule has 9 nitrogen and oxygen atoms in total. The van der Waals surface area contributed by atoms with E-state index in [1.807, 2.05) is 38.1 Å². The van der Waals surface area contributed by atoms with Crippen LogP contribution in [0, 0.1) is 0 Å². The number of anilines is 2. The number of aromatic nitrogens is 2. The van der Waals surface area contributed by atoms with E-state index in [0.29, 0.717) is 24.2 Å². The van der Waals surface area contributed by atoms with Gasteiger partial charge in [-0.3, -0.25) is 28.8 Å². The molecule has 0 aliphatic carbocycles. The summed E-state index contributed by atoms with van der Waals surface area (Å²) in [6, 6.07) is 16.1. The molecule has 9 heteroatoms. The van der Waals surface area contributed by atoms with E-state index in [1.54, 1.807) is 42.3 Å². The van der Waals surface area contributed by atoms with Crippen molar-refractivity contribution >= 4 is 23.2 Å². The van der Waals surface area contributed by atoms with Gasteiger partial charge in [0.15, 0.2) is 5.78 Å². The van der Waals surface area contributed by atoms with Crippen LogP contribution >= 0.6 is 0 Å². The van der Waals surface area contributed by atoms with Gasteiger partial charge < -0.3 is 11.1 Å². The first-order valence-corrected chi connectivity index (χ1v) is 11.0. The van der Waals surface area contributed by atoms with Gasteiger partial charge >= 0.3 is 5.69 Å². The molecule has 3 rings (SSSR count). The van der Waals surface area contributed by atoms with Gasteiger partial charge in [-0.05, 0) is 50.2 Å². The van der Waals surface area contributed by atoms with E-state index in [9.17, 15) is 19.2 Å². The molecule has 0 fully saturated rings. The van der Waals surface area contributed by atoms with Crippen LogP contribution < -0.4 is 22.3 Å². The summed E-state index contributed by atoms with van der Waals surface area (Å²) in [5.74, 6) is -0.815. The number of nitrogens with zero attached hydrogens (tertiary/aromatic N) is 2. The zero-order chi connectivity index (χ0) is 24.8. The first kappa shape index (κ1) is 24.7. The first-order chi connectivity index (χ1) is 16.2. The number of likely N-dealkylation sites (N-methyl/N-ethyl adjacent to an activating group) is 1. The van der Waals surface area contributed by atoms with Crippen molar-refractivity contribution in [3.63, 3.8) is 0 Å². The number of H-pyrrole nitrogens is 1. The highest BCUT2D eigenvalue weighted by molar-refractivity contribution is 6.04. The van der Waals surface area contributed by atoms with Crippen LogP contribution in [0.5, 0.6) is 0 Å². The number of nitrogens with two attached hydrogens (primary N) is 1. The van der Waals surface area contributed by atoms with E-state index in [2.05, 4.69) is 10.3 Å². The van der Waals surface area contributed by atoms with Crippen LogP contribution in [-0.2, 0) is 6.54 Å². The second kappa shape index (κ2) is 10.8. The number of nitrogen functional groups attached to an aromatic ring is 1. The Kier molecular flexibility index (Phi) is 7.80. The van der Waals surface area contributed by atoms with Crippen molar-refractivity contribution in [3.05, 3.63) is 92.1 Å². The lowest BCUT2D eigenvalue weighted by molar-refractivity contribution is 0.0923. The zero-order valence-electron chi connectivity index (χ0n) is 19.5. The summed E-state index contributed by atoms with van der Waals surface area (Å²) in [5.41, 5.74) is 6.44. The molecular weight excluding hydrogens is 434 g/mol. The van der Waals surface area contributed by atoms with Crippen LogP contribution in [0.2, 0.25) is 0 Å². The molecule has 0 saturated carbocycles. The summed E-state index contributed by atoms with van der Waals surface area (Å²) in [5, 5.41) is 2.88. The number of ketones is 1. The number of carbonyl (C=O) groups is 2. The highest BCUT2D eigenvalue weighted by atomic mass is 16.2. The number of nitrogens with one attached hydrogen (secondary N) is 2. The summed E-state index contributed by atoms with van der Waals surface area (Å²) < 4.78 is 1.21. The van der Waals surface area contributed by atoms with E-state index >= 15 is 0 Å². The Bertz CT molecular complexity index is 1300. The molecule has 0 aliphatic rings. The third kappa shape index (κ3) is 5.49. The van der Waals surface area contributed by atoms with Gasteiger partial charge in [0.2, 0.25) is 0 Å². The lowest BCUT2D eigenvalue weighted by Crippen LogP contribution is -2.39. The van der Waals surface area contributed by atoms with Crippen molar-refractivity contribution in [2.45, 2.75) is 32.9 Å². The topological polar surface area (TPSA) is 130 Å². The van der Waals surface area contributed by atoms with E-state index in [0.717, 1.165) is 5.56 Å². The first-order valence-electron chi connectivity index (χ1n) is 11.0. The highest BCUT2D eigenvalue weighted by Gasteiger charge is 2.22. The Morgan fingerprint density at radius 3 is 2.50 bits per heavy atom. The number of amides is 1. The lowest BCUT2D eigenvalue weighted by atomic mass is 10.1. The number of Topliss-reactive ketones (excluding diaryl/α,β-unsaturated/α-hetero) is 1. The number of carbonyl (C=O) groups excluding carboxylic acids is 2. The van der Waals surface area contributed by atoms with E-state index in [1.165, 1.54) is 4.57 Å². The average molecular weight is 464 g/mol. The van der Waals surface area contributed by atoms with Crippen LogP contribution in [0.1, 0.15) is 52.6 Å². The Balaban J connectivity index is 1.76. The van der Waals surface area contributed by atoms with Gasteiger partial charge in [-0.2, -0.15) is 0 Å². The van der Waals surface area contributed by atoms with Gasteiger partial charge in [0.05, 0.1) is 6.54 Å². The largest absolute Gasteiger partial charge is 0.384 e. The Morgan fingerprint density at radius 2 is 1.82 bits per heavy atom. The minimum Gasteiger partial charge on any atom is -0.384 e. The van der Waals surface area contributed by atoms with E-state index < -0.39 is 17.0 Å². The zero-order valence-corrected chi connectivity index (χ0v) is 19.5. The summed E-state index contributed by atoms with van der Waals surface area (Å²) in [6.45, 7) is 4.00. The molecule has 3 aromatic rings. The van der Waals surface area contributed by atoms with Crippen LogP contribution in [-0.4, -0.2) is 39.7 Å². The van der Waals surface area contributed by atoms with Crippen molar-refractivity contribution in [3.8, 4) is 0 Å². The number of hydrogen-bond donors (Lipinski definition) is 3. The van der Waals surface area contributed by atoms with Crippen LogP contribution in [0.15, 0.2) is 64.2 Å². The predicted molar refractivity (Wildman–Crippen MR) is 132 cm³/mol. The molecule has 178 valence electrons. The number of benzene rings is 2. The maximum absolute atomic E-state index is 13.0. The smallest absolute Gasteiger partial charge is 0.329 e. The molecule has 1 amide bonds. The highest BCUT2D eigenvalue weighted by Crippen LogP contribution is 2.23. The molecule has 2 aromatic carbocycles. The minimum absolute atomic E-state index is 0.0840. The van der Waals surface area contributed by atoms with Crippen molar-refractivity contribution in [2.24, 2.45) is 0 Å². The second-order valence-electron chi connectivity index (χ2n) is 8.13. The Labute approximate surface area is 197 Å². The quantitative estimate of drug-likeness (QED) is 0.418. The van der Waals surface area contributed by atoms with Crippen molar-refractivity contribution < 1.29 is 9.59 Å². The average Bonchev–Trinajstić information content (AvgIpc) is 2.81. The van der Waals surface area contributed by atoms with Gasteiger partial charge in [0.25, 0.3) is 11.5 Å². The van der Waals surface area contributed by atoms with Crippen molar-refractivity contribution in [2.75, 3.05) is 24.6 Å². The molecule has 1 heterocycles. The third-order valence-corrected chi connectivity index (χ3v) is 5.68. The van der Waals surface area contributed by atoms with Crippen molar-refractivity contribution in [1.29, 1.82) is 0 Å². The fraction of sp³-hybridized carbons (Fsp3) is 0.280. The second-order valence-corrected chi connectivity index (χ2v) is 8.13. The van der Waals surface area contributed by atoms with Gasteiger partial charge in [-0.25, -0.2) is 4.79 Å². The van der Waals surface area contributed by atoms with Gasteiger partial charge in [0.1, 0.15) is 11.4 Å². The molecule has 0 saturated heterocycles. The predicted octanol–water partition coefficient (Wildman–Crippen LogP) is 2.66. The maximum atomic E-state index is 13.0. The van der Waals surface area contributed by atoms with Gasteiger partial charge in [0, 0.05) is 23.8 Å². The van der Waals surface area contributed by atoms with Crippen molar-refractivity contribution in [1.82, 2.24) is 14.5 Å². The summed E-state index contributed by atoms with van der Waals surface area (Å²) in [4.78, 5) is 53.7. The Hall–Kier alpha value is -3.98. The van der Waals surface area contributed by atoms with E-state index in [-0.39, 0.29) is 29.9 Å². The van der Waals surface area contributed by atoms with E-state index in [4.69, 9.17) is 5.73 Å². The Morgan fingerprint density at radius 1 is 1.12 bits per heavy atom. The molecule has 0 radical (unpaired) electrons. The minimum atomic E-state index is -0.786. The number of aromatic amines is 1. The monoisotopic (exact) mass is 463 g/mol. The molecule has 0 spiro atoms.